The van der Waals surface area contributed by atoms with Crippen molar-refractivity contribution in [1.82, 2.24) is 0 Å². The Morgan fingerprint density at radius 2 is 0.882 bits per heavy atom. The quantitative estimate of drug-likeness (QED) is 0.708. The third-order valence-corrected chi connectivity index (χ3v) is 6.54. The maximum absolute atomic E-state index is 2.39. The Morgan fingerprint density at radius 1 is 0.588 bits per heavy atom. The van der Waals surface area contributed by atoms with Gasteiger partial charge >= 0.3 is 0 Å². The summed E-state index contributed by atoms with van der Waals surface area (Å²) in [5.74, 6) is 0. The molecule has 0 amide bonds. The van der Waals surface area contributed by atoms with Crippen LogP contribution in [0.1, 0.15) is 11.1 Å². The zero-order chi connectivity index (χ0) is 12.5. The number of aryl methyl sites for hydroxylation is 2. The topological polar surface area (TPSA) is 0 Å². The van der Waals surface area contributed by atoms with E-state index < -0.39 is 7.26 Å². The molecule has 0 unspecified atom stereocenters. The largest absolute Gasteiger partial charge is 0.0986 e. The average Bonchev–Trinajstić information content (AvgIpc) is 2.30. The van der Waals surface area contributed by atoms with E-state index in [0.29, 0.717) is 0 Å². The van der Waals surface area contributed by atoms with Crippen molar-refractivity contribution < 1.29 is 0 Å². The van der Waals surface area contributed by atoms with Gasteiger partial charge in [0.25, 0.3) is 0 Å². The maximum Gasteiger partial charge on any atom is 0.0986 e. The predicted molar refractivity (Wildman–Crippen MR) is 80.4 cm³/mol. The highest BCUT2D eigenvalue weighted by Crippen LogP contribution is 2.48. The molecule has 2 aromatic carbocycles. The van der Waals surface area contributed by atoms with Gasteiger partial charge in [0.15, 0.2) is 0 Å². The molecule has 0 aliphatic carbocycles. The van der Waals surface area contributed by atoms with Gasteiger partial charge < -0.3 is 0 Å². The molecule has 0 aromatic heterocycles. The van der Waals surface area contributed by atoms with Crippen LogP contribution in [0.5, 0.6) is 0 Å². The van der Waals surface area contributed by atoms with Gasteiger partial charge in [-0.05, 0) is 38.1 Å². The molecule has 0 fully saturated rings. The van der Waals surface area contributed by atoms with E-state index in [1.54, 1.807) is 0 Å². The molecule has 0 atom stereocenters. The minimum atomic E-state index is -1.19. The molecule has 0 nitrogen and oxygen atoms in total. The van der Waals surface area contributed by atoms with E-state index in [-0.39, 0.29) is 0 Å². The Bertz CT molecular complexity index is 445. The number of benzene rings is 2. The highest BCUT2D eigenvalue weighted by Gasteiger charge is 2.30. The third kappa shape index (κ3) is 2.58. The summed E-state index contributed by atoms with van der Waals surface area (Å²) < 4.78 is 0. The fourth-order valence-electron chi connectivity index (χ4n) is 1.98. The Morgan fingerprint density at radius 3 is 1.18 bits per heavy atom. The first-order chi connectivity index (χ1) is 8.00. The first kappa shape index (κ1) is 12.3. The molecule has 0 aliphatic heterocycles. The molecule has 88 valence electrons. The summed E-state index contributed by atoms with van der Waals surface area (Å²) in [6.45, 7) is 9.06. The predicted octanol–water partition coefficient (Wildman–Crippen LogP) is 3.53. The van der Waals surface area contributed by atoms with E-state index in [1.807, 2.05) is 0 Å². The van der Waals surface area contributed by atoms with E-state index in [0.717, 1.165) is 0 Å². The molecule has 0 saturated carbocycles. The van der Waals surface area contributed by atoms with Crippen molar-refractivity contribution in [3.63, 3.8) is 0 Å². The number of rotatable bonds is 2. The van der Waals surface area contributed by atoms with Crippen molar-refractivity contribution in [2.45, 2.75) is 13.8 Å². The first-order valence-corrected chi connectivity index (χ1v) is 8.67. The second-order valence-corrected chi connectivity index (χ2v) is 9.06. The molecule has 0 bridgehead atoms. The molecule has 0 spiro atoms. The molecule has 0 aliphatic rings. The van der Waals surface area contributed by atoms with Crippen LogP contribution in [-0.4, -0.2) is 13.3 Å². The lowest BCUT2D eigenvalue weighted by Crippen LogP contribution is -2.20. The third-order valence-electron chi connectivity index (χ3n) is 3.36. The van der Waals surface area contributed by atoms with Crippen molar-refractivity contribution in [2.75, 3.05) is 13.3 Å². The Balaban J connectivity index is 2.41. The first-order valence-electron chi connectivity index (χ1n) is 5.98. The van der Waals surface area contributed by atoms with E-state index in [4.69, 9.17) is 0 Å². The summed E-state index contributed by atoms with van der Waals surface area (Å²) in [4.78, 5) is 0. The lowest BCUT2D eigenvalue weighted by Gasteiger charge is -2.18. The fraction of sp³-hybridized carbons (Fsp3) is 0.250. The SMILES string of the molecule is Cc1ccc([P+](C)(C)c2ccc(C)cc2)cc1. The Kier molecular flexibility index (Phi) is 3.35. The molecular weight excluding hydrogens is 223 g/mol. The summed E-state index contributed by atoms with van der Waals surface area (Å²) in [6, 6.07) is 18.0. The summed E-state index contributed by atoms with van der Waals surface area (Å²) in [5.41, 5.74) is 2.66. The second-order valence-electron chi connectivity index (χ2n) is 5.12. The summed E-state index contributed by atoms with van der Waals surface area (Å²) in [6.07, 6.45) is 0. The fourth-order valence-corrected chi connectivity index (χ4v) is 4.07. The van der Waals surface area contributed by atoms with Crippen LogP contribution in [0.15, 0.2) is 48.5 Å². The zero-order valence-electron chi connectivity index (χ0n) is 11.1. The number of hydrogen-bond acceptors (Lipinski definition) is 0. The maximum atomic E-state index is 2.39. The summed E-state index contributed by atoms with van der Waals surface area (Å²) >= 11 is 0. The van der Waals surface area contributed by atoms with Crippen LogP contribution in [0.25, 0.3) is 0 Å². The van der Waals surface area contributed by atoms with E-state index in [9.17, 15) is 0 Å². The molecule has 2 aromatic rings. The van der Waals surface area contributed by atoms with Crippen molar-refractivity contribution in [1.29, 1.82) is 0 Å². The van der Waals surface area contributed by atoms with Gasteiger partial charge in [0.1, 0.15) is 0 Å². The van der Waals surface area contributed by atoms with E-state index in [2.05, 4.69) is 75.7 Å². The van der Waals surface area contributed by atoms with Gasteiger partial charge in [-0.2, -0.15) is 0 Å². The molecule has 2 rings (SSSR count). The van der Waals surface area contributed by atoms with Crippen LogP contribution in [0.4, 0.5) is 0 Å². The Hall–Kier alpha value is -1.13. The molecule has 17 heavy (non-hydrogen) atoms. The van der Waals surface area contributed by atoms with Crippen molar-refractivity contribution in [2.24, 2.45) is 0 Å². The van der Waals surface area contributed by atoms with Crippen LogP contribution < -0.4 is 10.6 Å². The molecule has 0 radical (unpaired) electrons. The molecule has 0 N–H and O–H groups in total. The molecule has 0 saturated heterocycles. The van der Waals surface area contributed by atoms with E-state index in [1.165, 1.54) is 21.7 Å². The van der Waals surface area contributed by atoms with Crippen LogP contribution in [0, 0.1) is 13.8 Å². The summed E-state index contributed by atoms with van der Waals surface area (Å²) in [5, 5.41) is 2.96. The monoisotopic (exact) mass is 243 g/mol. The lowest BCUT2D eigenvalue weighted by atomic mass is 10.2. The van der Waals surface area contributed by atoms with Gasteiger partial charge in [-0.1, -0.05) is 35.4 Å². The van der Waals surface area contributed by atoms with Gasteiger partial charge in [0.2, 0.25) is 0 Å². The Labute approximate surface area is 105 Å². The molecular formula is C16H20P+. The van der Waals surface area contributed by atoms with Gasteiger partial charge in [0, 0.05) is 0 Å². The van der Waals surface area contributed by atoms with Gasteiger partial charge in [-0.3, -0.25) is 0 Å². The normalized spacial score (nSPS) is 11.5. The van der Waals surface area contributed by atoms with E-state index >= 15 is 0 Å². The van der Waals surface area contributed by atoms with Crippen LogP contribution in [0.2, 0.25) is 0 Å². The highest BCUT2D eigenvalue weighted by atomic mass is 31.2. The van der Waals surface area contributed by atoms with Crippen molar-refractivity contribution in [3.05, 3.63) is 59.7 Å². The number of hydrogen-bond donors (Lipinski definition) is 0. The van der Waals surface area contributed by atoms with Crippen molar-refractivity contribution in [3.8, 4) is 0 Å². The second kappa shape index (κ2) is 4.63. The van der Waals surface area contributed by atoms with Gasteiger partial charge in [-0.15, -0.1) is 0 Å². The van der Waals surface area contributed by atoms with Crippen molar-refractivity contribution >= 4 is 17.9 Å². The lowest BCUT2D eigenvalue weighted by molar-refractivity contribution is 1.48. The van der Waals surface area contributed by atoms with Crippen LogP contribution in [-0.2, 0) is 0 Å². The summed E-state index contributed by atoms with van der Waals surface area (Å²) in [7, 11) is -1.19. The van der Waals surface area contributed by atoms with Crippen LogP contribution >= 0.6 is 7.26 Å². The standard InChI is InChI=1S/C16H20P/c1-13-5-9-15(10-6-13)17(3,4)16-11-7-14(2)8-12-16/h5-12H,1-4H3/q+1. The van der Waals surface area contributed by atoms with Gasteiger partial charge in [0.05, 0.1) is 31.2 Å². The van der Waals surface area contributed by atoms with Gasteiger partial charge in [-0.25, -0.2) is 0 Å². The average molecular weight is 243 g/mol. The molecule has 1 heteroatoms. The smallest absolute Gasteiger partial charge is 0.0554 e. The minimum Gasteiger partial charge on any atom is -0.0554 e. The van der Waals surface area contributed by atoms with Crippen LogP contribution in [0.3, 0.4) is 0 Å². The highest BCUT2D eigenvalue weighted by molar-refractivity contribution is 7.88. The molecule has 0 heterocycles. The zero-order valence-corrected chi connectivity index (χ0v) is 12.0. The minimum absolute atomic E-state index is 1.19.